The van der Waals surface area contributed by atoms with E-state index in [2.05, 4.69) is 66.3 Å². The number of aromatic nitrogens is 1. The van der Waals surface area contributed by atoms with Gasteiger partial charge in [0.2, 0.25) is 0 Å². The van der Waals surface area contributed by atoms with Gasteiger partial charge in [-0.2, -0.15) is 0 Å². The van der Waals surface area contributed by atoms with Crippen molar-refractivity contribution in [3.63, 3.8) is 0 Å². The summed E-state index contributed by atoms with van der Waals surface area (Å²) in [7, 11) is 0. The summed E-state index contributed by atoms with van der Waals surface area (Å²) in [6.45, 7) is 3.95. The van der Waals surface area contributed by atoms with E-state index in [1.165, 1.54) is 49.7 Å². The zero-order chi connectivity index (χ0) is 17.3. The van der Waals surface area contributed by atoms with Gasteiger partial charge in [-0.1, -0.05) is 62.9 Å². The first-order chi connectivity index (χ1) is 12.4. The molecule has 1 heterocycles. The van der Waals surface area contributed by atoms with Crippen molar-refractivity contribution in [2.24, 2.45) is 0 Å². The van der Waals surface area contributed by atoms with E-state index in [1.54, 1.807) is 0 Å². The lowest BCUT2D eigenvalue weighted by molar-refractivity contribution is -0.705. The molecule has 1 aliphatic carbocycles. The van der Waals surface area contributed by atoms with Crippen LogP contribution in [0.2, 0.25) is 0 Å². The quantitative estimate of drug-likeness (QED) is 0.430. The van der Waals surface area contributed by atoms with Crippen LogP contribution < -0.4 is 4.57 Å². The van der Waals surface area contributed by atoms with Crippen molar-refractivity contribution < 1.29 is 9.30 Å². The molecule has 2 aromatic rings. The molecule has 1 saturated carbocycles. The van der Waals surface area contributed by atoms with Crippen LogP contribution in [0.1, 0.15) is 75.0 Å². The monoisotopic (exact) mass is 338 g/mol. The average Bonchev–Trinajstić information content (AvgIpc) is 3.20. The Hall–Kier alpha value is -1.67. The number of benzene rings is 1. The fourth-order valence-electron chi connectivity index (χ4n) is 3.82. The van der Waals surface area contributed by atoms with Crippen LogP contribution in [0.15, 0.2) is 54.9 Å². The Bertz CT molecular complexity index is 602. The molecule has 1 aliphatic rings. The van der Waals surface area contributed by atoms with Crippen molar-refractivity contribution >= 4 is 0 Å². The summed E-state index contributed by atoms with van der Waals surface area (Å²) in [5, 5.41) is 0. The summed E-state index contributed by atoms with van der Waals surface area (Å²) in [6, 6.07) is 15.5. The first-order valence-corrected chi connectivity index (χ1v) is 10.0. The molecule has 134 valence electrons. The Morgan fingerprint density at radius 1 is 1.00 bits per heavy atom. The van der Waals surface area contributed by atoms with Crippen LogP contribution in [0, 0.1) is 0 Å². The lowest BCUT2D eigenvalue weighted by atomic mass is 9.95. The van der Waals surface area contributed by atoms with Crippen molar-refractivity contribution in [2.45, 2.75) is 70.4 Å². The number of pyridine rings is 1. The van der Waals surface area contributed by atoms with Gasteiger partial charge in [0.15, 0.2) is 18.9 Å². The Labute approximate surface area is 152 Å². The van der Waals surface area contributed by atoms with E-state index < -0.39 is 0 Å². The maximum absolute atomic E-state index is 6.28. The Morgan fingerprint density at radius 2 is 1.72 bits per heavy atom. The summed E-state index contributed by atoms with van der Waals surface area (Å²) in [4.78, 5) is 0. The Kier molecular flexibility index (Phi) is 7.05. The normalized spacial score (nSPS) is 16.2. The summed E-state index contributed by atoms with van der Waals surface area (Å²) in [5.74, 6) is 0.779. The molecule has 0 spiro atoms. The zero-order valence-corrected chi connectivity index (χ0v) is 15.6. The molecule has 3 rings (SSSR count). The molecular weight excluding hydrogens is 306 g/mol. The largest absolute Gasteiger partial charge is 0.367 e. The van der Waals surface area contributed by atoms with Gasteiger partial charge in [-0.3, -0.25) is 0 Å². The number of nitrogens with zero attached hydrogens (tertiary/aromatic N) is 1. The van der Waals surface area contributed by atoms with Crippen LogP contribution >= 0.6 is 0 Å². The van der Waals surface area contributed by atoms with Gasteiger partial charge in [0.25, 0.3) is 0 Å². The van der Waals surface area contributed by atoms with Crippen molar-refractivity contribution in [1.29, 1.82) is 0 Å². The third kappa shape index (κ3) is 5.40. The van der Waals surface area contributed by atoms with E-state index in [1.807, 2.05) is 0 Å². The van der Waals surface area contributed by atoms with Crippen molar-refractivity contribution in [1.82, 2.24) is 0 Å². The van der Waals surface area contributed by atoms with Gasteiger partial charge < -0.3 is 4.74 Å². The predicted octanol–water partition coefficient (Wildman–Crippen LogP) is 5.58. The highest BCUT2D eigenvalue weighted by atomic mass is 16.5. The molecule has 0 N–H and O–H groups in total. The topological polar surface area (TPSA) is 13.1 Å². The first-order valence-electron chi connectivity index (χ1n) is 10.0. The van der Waals surface area contributed by atoms with E-state index in [-0.39, 0.29) is 6.10 Å². The van der Waals surface area contributed by atoms with Crippen LogP contribution in [0.4, 0.5) is 0 Å². The Balaban J connectivity index is 1.68. The minimum absolute atomic E-state index is 0.127. The predicted molar refractivity (Wildman–Crippen MR) is 103 cm³/mol. The maximum Gasteiger partial charge on any atom is 0.178 e. The third-order valence-corrected chi connectivity index (χ3v) is 5.36. The molecule has 2 nitrogen and oxygen atoms in total. The molecule has 1 atom stereocenters. The highest BCUT2D eigenvalue weighted by Gasteiger charge is 2.20. The molecule has 0 radical (unpaired) electrons. The second-order valence-corrected chi connectivity index (χ2v) is 7.29. The SMILES string of the molecule is CCCCCOC(C[n+]1ccccc1)c1ccc(C2CCCC2)cc1. The summed E-state index contributed by atoms with van der Waals surface area (Å²) < 4.78 is 8.50. The molecular formula is C23H32NO+. The van der Waals surface area contributed by atoms with Crippen molar-refractivity contribution in [3.05, 3.63) is 66.0 Å². The number of hydrogen-bond acceptors (Lipinski definition) is 1. The van der Waals surface area contributed by atoms with Crippen molar-refractivity contribution in [2.75, 3.05) is 6.61 Å². The van der Waals surface area contributed by atoms with E-state index >= 15 is 0 Å². The highest BCUT2D eigenvalue weighted by Crippen LogP contribution is 2.34. The molecule has 0 bridgehead atoms. The molecule has 1 aromatic carbocycles. The van der Waals surface area contributed by atoms with E-state index in [9.17, 15) is 0 Å². The smallest absolute Gasteiger partial charge is 0.178 e. The van der Waals surface area contributed by atoms with Crippen LogP contribution in [0.25, 0.3) is 0 Å². The van der Waals surface area contributed by atoms with E-state index in [0.29, 0.717) is 0 Å². The van der Waals surface area contributed by atoms with Crippen LogP contribution in [-0.2, 0) is 11.3 Å². The molecule has 0 amide bonds. The number of rotatable bonds is 9. The van der Waals surface area contributed by atoms with Gasteiger partial charge in [-0.25, -0.2) is 4.57 Å². The maximum atomic E-state index is 6.28. The minimum Gasteiger partial charge on any atom is -0.367 e. The first kappa shape index (κ1) is 18.1. The minimum atomic E-state index is 0.127. The second kappa shape index (κ2) is 9.72. The number of hydrogen-bond donors (Lipinski definition) is 0. The molecule has 1 unspecified atom stereocenters. The molecule has 25 heavy (non-hydrogen) atoms. The molecule has 1 aromatic heterocycles. The van der Waals surface area contributed by atoms with Gasteiger partial charge in [0.1, 0.15) is 6.10 Å². The van der Waals surface area contributed by atoms with Gasteiger partial charge in [0, 0.05) is 18.7 Å². The van der Waals surface area contributed by atoms with Crippen LogP contribution in [-0.4, -0.2) is 6.61 Å². The third-order valence-electron chi connectivity index (χ3n) is 5.36. The highest BCUT2D eigenvalue weighted by molar-refractivity contribution is 5.27. The molecule has 2 heteroatoms. The molecule has 0 saturated heterocycles. The summed E-state index contributed by atoms with van der Waals surface area (Å²) in [6.07, 6.45) is 13.5. The summed E-state index contributed by atoms with van der Waals surface area (Å²) in [5.41, 5.74) is 2.81. The molecule has 1 fully saturated rings. The second-order valence-electron chi connectivity index (χ2n) is 7.29. The number of unbranched alkanes of at least 4 members (excludes halogenated alkanes) is 2. The van der Waals surface area contributed by atoms with Crippen LogP contribution in [0.3, 0.4) is 0 Å². The summed E-state index contributed by atoms with van der Waals surface area (Å²) >= 11 is 0. The lowest BCUT2D eigenvalue weighted by Gasteiger charge is -2.17. The van der Waals surface area contributed by atoms with Gasteiger partial charge in [0.05, 0.1) is 0 Å². The fraction of sp³-hybridized carbons (Fsp3) is 0.522. The van der Waals surface area contributed by atoms with Gasteiger partial charge in [-0.15, -0.1) is 0 Å². The Morgan fingerprint density at radius 3 is 2.40 bits per heavy atom. The average molecular weight is 339 g/mol. The standard InChI is InChI=1S/C23H32NO/c1-2-3-9-18-25-23(19-24-16-7-4-8-17-24)22-14-12-21(13-15-22)20-10-5-6-11-20/h4,7-8,12-17,20,23H,2-3,5-6,9-11,18-19H2,1H3/q+1. The van der Waals surface area contributed by atoms with E-state index in [0.717, 1.165) is 25.5 Å². The fourth-order valence-corrected chi connectivity index (χ4v) is 3.82. The lowest BCUT2D eigenvalue weighted by Crippen LogP contribution is -2.36. The van der Waals surface area contributed by atoms with Gasteiger partial charge in [-0.05, 0) is 36.3 Å². The van der Waals surface area contributed by atoms with E-state index in [4.69, 9.17) is 4.74 Å². The molecule has 0 aliphatic heterocycles. The van der Waals surface area contributed by atoms with Gasteiger partial charge >= 0.3 is 0 Å². The zero-order valence-electron chi connectivity index (χ0n) is 15.6. The van der Waals surface area contributed by atoms with Crippen molar-refractivity contribution in [3.8, 4) is 0 Å². The van der Waals surface area contributed by atoms with Crippen LogP contribution in [0.5, 0.6) is 0 Å². The number of ether oxygens (including phenoxy) is 1.